The van der Waals surface area contributed by atoms with Gasteiger partial charge in [-0.05, 0) is 97.1 Å². The first-order chi connectivity index (χ1) is 14.5. The number of methoxy groups -OCH3 is 1. The molecule has 0 saturated heterocycles. The number of hydrogen-bond donors (Lipinski definition) is 1. The maximum absolute atomic E-state index is 12.8. The van der Waals surface area contributed by atoms with Gasteiger partial charge in [0.15, 0.2) is 22.6 Å². The van der Waals surface area contributed by atoms with E-state index in [-0.39, 0.29) is 17.3 Å². The van der Waals surface area contributed by atoms with Crippen molar-refractivity contribution < 1.29 is 18.2 Å². The molecule has 2 fully saturated rings. The van der Waals surface area contributed by atoms with Crippen LogP contribution in [0.3, 0.4) is 0 Å². The van der Waals surface area contributed by atoms with Gasteiger partial charge in [-0.15, -0.1) is 0 Å². The van der Waals surface area contributed by atoms with Gasteiger partial charge >= 0.3 is 0 Å². The molecule has 0 radical (unpaired) electrons. The molecule has 160 valence electrons. The van der Waals surface area contributed by atoms with Crippen LogP contribution in [0.5, 0.6) is 11.5 Å². The van der Waals surface area contributed by atoms with Crippen LogP contribution in [0, 0.1) is 17.3 Å². The van der Waals surface area contributed by atoms with Crippen molar-refractivity contribution in [3.63, 3.8) is 0 Å². The van der Waals surface area contributed by atoms with Gasteiger partial charge in [0.1, 0.15) is 0 Å². The third kappa shape index (κ3) is 3.18. The fourth-order valence-corrected chi connectivity index (χ4v) is 7.57. The van der Waals surface area contributed by atoms with Crippen molar-refractivity contribution in [2.45, 2.75) is 62.4 Å². The van der Waals surface area contributed by atoms with Gasteiger partial charge in [0.2, 0.25) is 0 Å². The standard InChI is InChI=1S/C25H30O4S/c1-25-13-12-18-19(9-8-16-14-22(26)23(28-2)15-20(16)18)21(25)10-11-24(25)29-30(27)17-6-4-3-5-7-17/h3-7,14-15,18-19,21,24,26H,8-13H2,1-2H3. The molecule has 0 aromatic heterocycles. The summed E-state index contributed by atoms with van der Waals surface area (Å²) < 4.78 is 24.4. The maximum Gasteiger partial charge on any atom is 0.189 e. The molecule has 0 aliphatic heterocycles. The number of benzene rings is 2. The van der Waals surface area contributed by atoms with Crippen molar-refractivity contribution in [2.24, 2.45) is 17.3 Å². The first kappa shape index (κ1) is 20.1. The molecule has 30 heavy (non-hydrogen) atoms. The summed E-state index contributed by atoms with van der Waals surface area (Å²) in [6, 6.07) is 13.5. The number of phenolic OH excluding ortho intramolecular Hbond substituents is 1. The fourth-order valence-electron chi connectivity index (χ4n) is 6.55. The number of aromatic hydroxyl groups is 1. The Labute approximate surface area is 181 Å². The Morgan fingerprint density at radius 1 is 1.10 bits per heavy atom. The smallest absolute Gasteiger partial charge is 0.189 e. The highest BCUT2D eigenvalue weighted by atomic mass is 32.2. The third-order valence-electron chi connectivity index (χ3n) is 8.08. The highest BCUT2D eigenvalue weighted by Crippen LogP contribution is 2.62. The zero-order chi connectivity index (χ0) is 20.9. The van der Waals surface area contributed by atoms with Gasteiger partial charge in [0, 0.05) is 0 Å². The third-order valence-corrected chi connectivity index (χ3v) is 9.14. The van der Waals surface area contributed by atoms with Gasteiger partial charge in [-0.25, -0.2) is 4.21 Å². The minimum Gasteiger partial charge on any atom is -0.504 e. The van der Waals surface area contributed by atoms with E-state index < -0.39 is 11.1 Å². The monoisotopic (exact) mass is 426 g/mol. The molecule has 2 saturated carbocycles. The van der Waals surface area contributed by atoms with Crippen LogP contribution in [0.15, 0.2) is 47.4 Å². The Morgan fingerprint density at radius 3 is 2.67 bits per heavy atom. The summed E-state index contributed by atoms with van der Waals surface area (Å²) in [5, 5.41) is 10.2. The van der Waals surface area contributed by atoms with Gasteiger partial charge in [-0.2, -0.15) is 0 Å². The molecule has 0 bridgehead atoms. The van der Waals surface area contributed by atoms with Crippen LogP contribution in [-0.4, -0.2) is 22.5 Å². The van der Waals surface area contributed by atoms with Crippen LogP contribution in [-0.2, 0) is 21.7 Å². The molecule has 6 unspecified atom stereocenters. The van der Waals surface area contributed by atoms with Crippen LogP contribution in [0.1, 0.15) is 56.1 Å². The van der Waals surface area contributed by atoms with E-state index in [1.807, 2.05) is 36.4 Å². The second-order valence-corrected chi connectivity index (χ2v) is 10.5. The van der Waals surface area contributed by atoms with Crippen molar-refractivity contribution in [1.82, 2.24) is 0 Å². The van der Waals surface area contributed by atoms with Crippen LogP contribution >= 0.6 is 0 Å². The molecule has 3 aliphatic carbocycles. The lowest BCUT2D eigenvalue weighted by Crippen LogP contribution is -2.44. The number of rotatable bonds is 4. The highest BCUT2D eigenvalue weighted by molar-refractivity contribution is 7.80. The number of phenols is 1. The summed E-state index contributed by atoms with van der Waals surface area (Å²) in [7, 11) is 1.62. The largest absolute Gasteiger partial charge is 0.504 e. The SMILES string of the molecule is COc1cc2c(cc1O)CCC1C2CCC2(C)C(OS(=O)c3ccccc3)CCC12. The van der Waals surface area contributed by atoms with E-state index in [0.717, 1.165) is 43.4 Å². The molecule has 2 aromatic rings. The number of fused-ring (bicyclic) bond motifs is 5. The number of ether oxygens (including phenoxy) is 1. The zero-order valence-electron chi connectivity index (χ0n) is 17.7. The lowest BCUT2D eigenvalue weighted by atomic mass is 9.55. The van der Waals surface area contributed by atoms with Gasteiger partial charge < -0.3 is 9.84 Å². The van der Waals surface area contributed by atoms with Crippen LogP contribution < -0.4 is 4.74 Å². The van der Waals surface area contributed by atoms with Gasteiger partial charge in [0.05, 0.1) is 18.1 Å². The lowest BCUT2D eigenvalue weighted by molar-refractivity contribution is -0.00553. The van der Waals surface area contributed by atoms with Gasteiger partial charge in [-0.1, -0.05) is 25.1 Å². The van der Waals surface area contributed by atoms with Crippen molar-refractivity contribution in [3.8, 4) is 11.5 Å². The van der Waals surface area contributed by atoms with Crippen LogP contribution in [0.25, 0.3) is 0 Å². The molecular weight excluding hydrogens is 396 g/mol. The number of aryl methyl sites for hydroxylation is 1. The molecule has 4 nitrogen and oxygen atoms in total. The molecule has 5 heteroatoms. The molecule has 0 heterocycles. The second kappa shape index (κ2) is 7.69. The summed E-state index contributed by atoms with van der Waals surface area (Å²) in [5.41, 5.74) is 2.71. The van der Waals surface area contributed by atoms with E-state index in [0.29, 0.717) is 23.5 Å². The van der Waals surface area contributed by atoms with Gasteiger partial charge in [-0.3, -0.25) is 4.18 Å². The second-order valence-electron chi connectivity index (χ2n) is 9.39. The van der Waals surface area contributed by atoms with Crippen molar-refractivity contribution in [3.05, 3.63) is 53.6 Å². The van der Waals surface area contributed by atoms with Crippen LogP contribution in [0.4, 0.5) is 0 Å². The quantitative estimate of drug-likeness (QED) is 0.715. The average Bonchev–Trinajstić information content (AvgIpc) is 3.09. The minimum absolute atomic E-state index is 0.0419. The Kier molecular flexibility index (Phi) is 5.14. The van der Waals surface area contributed by atoms with E-state index in [2.05, 4.69) is 13.0 Å². The molecule has 1 N–H and O–H groups in total. The molecule has 5 rings (SSSR count). The predicted molar refractivity (Wildman–Crippen MR) is 117 cm³/mol. The molecule has 2 aromatic carbocycles. The molecule has 0 spiro atoms. The zero-order valence-corrected chi connectivity index (χ0v) is 18.5. The van der Waals surface area contributed by atoms with Crippen molar-refractivity contribution >= 4 is 11.1 Å². The highest BCUT2D eigenvalue weighted by Gasteiger charge is 2.56. The summed E-state index contributed by atoms with van der Waals surface area (Å²) >= 11 is -1.41. The first-order valence-corrected chi connectivity index (χ1v) is 12.1. The molecule has 6 atom stereocenters. The Balaban J connectivity index is 1.38. The van der Waals surface area contributed by atoms with Crippen molar-refractivity contribution in [2.75, 3.05) is 7.11 Å². The van der Waals surface area contributed by atoms with E-state index in [1.165, 1.54) is 11.1 Å². The average molecular weight is 427 g/mol. The van der Waals surface area contributed by atoms with E-state index in [9.17, 15) is 9.32 Å². The maximum atomic E-state index is 12.8. The van der Waals surface area contributed by atoms with Crippen LogP contribution in [0.2, 0.25) is 0 Å². The van der Waals surface area contributed by atoms with E-state index in [4.69, 9.17) is 8.92 Å². The number of hydrogen-bond acceptors (Lipinski definition) is 4. The summed E-state index contributed by atoms with van der Waals surface area (Å²) in [4.78, 5) is 0.747. The van der Waals surface area contributed by atoms with Crippen molar-refractivity contribution in [1.29, 1.82) is 0 Å². The van der Waals surface area contributed by atoms with Gasteiger partial charge in [0.25, 0.3) is 0 Å². The normalized spacial score (nSPS) is 33.3. The molecule has 0 amide bonds. The topological polar surface area (TPSA) is 55.8 Å². The fraction of sp³-hybridized carbons (Fsp3) is 0.520. The summed E-state index contributed by atoms with van der Waals surface area (Å²) in [5.74, 6) is 2.53. The predicted octanol–water partition coefficient (Wildman–Crippen LogP) is 5.36. The minimum atomic E-state index is -1.41. The van der Waals surface area contributed by atoms with E-state index in [1.54, 1.807) is 7.11 Å². The van der Waals surface area contributed by atoms with E-state index >= 15 is 0 Å². The molecular formula is C25H30O4S. The molecule has 3 aliphatic rings. The summed E-state index contributed by atoms with van der Waals surface area (Å²) in [6.07, 6.45) is 6.50. The first-order valence-electron chi connectivity index (χ1n) is 11.0. The Hall–Kier alpha value is -1.85. The Morgan fingerprint density at radius 2 is 1.90 bits per heavy atom. The summed E-state index contributed by atoms with van der Waals surface area (Å²) in [6.45, 7) is 2.36. The lowest BCUT2D eigenvalue weighted by Gasteiger charge is -2.50. The Bertz CT molecular complexity index is 959.